The van der Waals surface area contributed by atoms with Crippen LogP contribution in [0.1, 0.15) is 24.2 Å². The molecule has 3 aromatic rings. The van der Waals surface area contributed by atoms with Gasteiger partial charge in [0.05, 0.1) is 16.7 Å². The number of nitriles is 1. The third-order valence-corrected chi connectivity index (χ3v) is 4.40. The quantitative estimate of drug-likeness (QED) is 0.297. The van der Waals surface area contributed by atoms with Crippen LogP contribution in [0.5, 0.6) is 0 Å². The Kier molecular flexibility index (Phi) is 5.85. The molecular formula is C22H18N4O3. The maximum Gasteiger partial charge on any atom is 0.271 e. The Labute approximate surface area is 167 Å². The van der Waals surface area contributed by atoms with Crippen molar-refractivity contribution in [3.8, 4) is 11.8 Å². The van der Waals surface area contributed by atoms with E-state index in [1.165, 1.54) is 18.2 Å². The van der Waals surface area contributed by atoms with E-state index in [1.807, 2.05) is 43.3 Å². The van der Waals surface area contributed by atoms with E-state index in [-0.39, 0.29) is 17.3 Å². The Morgan fingerprint density at radius 3 is 2.62 bits per heavy atom. The summed E-state index contributed by atoms with van der Waals surface area (Å²) in [5, 5.41) is 23.3. The summed E-state index contributed by atoms with van der Waals surface area (Å²) < 4.78 is 1.68. The Balaban J connectivity index is 1.86. The molecule has 1 aromatic heterocycles. The first-order chi connectivity index (χ1) is 14.0. The van der Waals surface area contributed by atoms with Gasteiger partial charge in [-0.25, -0.2) is 0 Å². The second-order valence-electron chi connectivity index (χ2n) is 6.36. The van der Waals surface area contributed by atoms with Crippen LogP contribution in [0.25, 0.3) is 11.8 Å². The van der Waals surface area contributed by atoms with E-state index in [1.54, 1.807) is 35.0 Å². The molecule has 0 radical (unpaired) electrons. The molecule has 1 heterocycles. The summed E-state index contributed by atoms with van der Waals surface area (Å²) in [5.74, 6) is -0.490. The number of hydrogen-bond donors (Lipinski definition) is 1. The van der Waals surface area contributed by atoms with Gasteiger partial charge in [-0.05, 0) is 36.8 Å². The molecule has 0 aliphatic carbocycles. The smallest absolute Gasteiger partial charge is 0.271 e. The molecule has 3 rings (SSSR count). The first-order valence-corrected chi connectivity index (χ1v) is 8.89. The van der Waals surface area contributed by atoms with E-state index < -0.39 is 10.8 Å². The fourth-order valence-electron chi connectivity index (χ4n) is 2.90. The zero-order valence-corrected chi connectivity index (χ0v) is 15.6. The normalized spacial score (nSPS) is 12.1. The van der Waals surface area contributed by atoms with Crippen LogP contribution in [0.3, 0.4) is 0 Å². The average molecular weight is 386 g/mol. The third kappa shape index (κ3) is 4.57. The number of nitrogens with one attached hydrogen (secondary N) is 1. The number of amides is 1. The standard InChI is InChI=1S/C22H18N4O3/c1-16(17-7-3-2-4-8-17)24-22(27)18(15-23)13-19-11-6-12-25(19)20-9-5-10-21(14-20)26(28)29/h2-14,16H,1H3,(H,24,27)/b18-13-/t16-/m1/s1. The molecule has 2 aromatic carbocycles. The van der Waals surface area contributed by atoms with Crippen LogP contribution in [0, 0.1) is 21.4 Å². The van der Waals surface area contributed by atoms with Gasteiger partial charge in [0.25, 0.3) is 11.6 Å². The number of nitro groups is 1. The van der Waals surface area contributed by atoms with Crippen molar-refractivity contribution in [1.82, 2.24) is 9.88 Å². The lowest BCUT2D eigenvalue weighted by Crippen LogP contribution is -2.27. The monoisotopic (exact) mass is 386 g/mol. The van der Waals surface area contributed by atoms with Gasteiger partial charge in [0.2, 0.25) is 0 Å². The molecule has 7 nitrogen and oxygen atoms in total. The van der Waals surface area contributed by atoms with Crippen molar-refractivity contribution in [3.05, 3.63) is 99.9 Å². The largest absolute Gasteiger partial charge is 0.345 e. The molecule has 0 aliphatic heterocycles. The van der Waals surface area contributed by atoms with Gasteiger partial charge in [-0.3, -0.25) is 14.9 Å². The molecule has 0 spiro atoms. The summed E-state index contributed by atoms with van der Waals surface area (Å²) >= 11 is 0. The van der Waals surface area contributed by atoms with Crippen molar-refractivity contribution in [2.75, 3.05) is 0 Å². The number of benzene rings is 2. The Hall–Kier alpha value is -4.18. The predicted molar refractivity (Wildman–Crippen MR) is 109 cm³/mol. The van der Waals surface area contributed by atoms with Gasteiger partial charge < -0.3 is 9.88 Å². The Bertz CT molecular complexity index is 1110. The van der Waals surface area contributed by atoms with Crippen molar-refractivity contribution >= 4 is 17.7 Å². The molecule has 1 N–H and O–H groups in total. The summed E-state index contributed by atoms with van der Waals surface area (Å²) in [7, 11) is 0. The van der Waals surface area contributed by atoms with E-state index in [4.69, 9.17) is 0 Å². The minimum Gasteiger partial charge on any atom is -0.345 e. The van der Waals surface area contributed by atoms with Gasteiger partial charge in [0, 0.05) is 24.0 Å². The lowest BCUT2D eigenvalue weighted by molar-refractivity contribution is -0.384. The molecule has 7 heteroatoms. The lowest BCUT2D eigenvalue weighted by Gasteiger charge is -2.14. The molecule has 0 unspecified atom stereocenters. The van der Waals surface area contributed by atoms with Gasteiger partial charge in [-0.1, -0.05) is 36.4 Å². The van der Waals surface area contributed by atoms with Gasteiger partial charge in [-0.2, -0.15) is 5.26 Å². The molecule has 1 atom stereocenters. The molecule has 29 heavy (non-hydrogen) atoms. The van der Waals surface area contributed by atoms with Crippen molar-refractivity contribution in [1.29, 1.82) is 5.26 Å². The van der Waals surface area contributed by atoms with Crippen LogP contribution < -0.4 is 5.32 Å². The summed E-state index contributed by atoms with van der Waals surface area (Å²) in [6, 6.07) is 20.7. The van der Waals surface area contributed by atoms with E-state index in [2.05, 4.69) is 5.32 Å². The minimum atomic E-state index is -0.490. The van der Waals surface area contributed by atoms with Crippen LogP contribution >= 0.6 is 0 Å². The van der Waals surface area contributed by atoms with Gasteiger partial charge >= 0.3 is 0 Å². The second kappa shape index (κ2) is 8.67. The Morgan fingerprint density at radius 1 is 1.17 bits per heavy atom. The first-order valence-electron chi connectivity index (χ1n) is 8.89. The highest BCUT2D eigenvalue weighted by Gasteiger charge is 2.15. The van der Waals surface area contributed by atoms with E-state index in [9.17, 15) is 20.2 Å². The maximum atomic E-state index is 12.6. The van der Waals surface area contributed by atoms with Crippen LogP contribution in [-0.2, 0) is 4.79 Å². The molecule has 0 fully saturated rings. The first kappa shape index (κ1) is 19.6. The summed E-state index contributed by atoms with van der Waals surface area (Å²) in [5.41, 5.74) is 1.95. The van der Waals surface area contributed by atoms with Crippen molar-refractivity contribution in [2.45, 2.75) is 13.0 Å². The summed E-state index contributed by atoms with van der Waals surface area (Å²) in [6.45, 7) is 1.84. The topological polar surface area (TPSA) is 101 Å². The van der Waals surface area contributed by atoms with E-state index in [0.717, 1.165) is 5.56 Å². The number of hydrogen-bond acceptors (Lipinski definition) is 4. The van der Waals surface area contributed by atoms with Crippen LogP contribution in [0.15, 0.2) is 78.5 Å². The summed E-state index contributed by atoms with van der Waals surface area (Å²) in [4.78, 5) is 23.1. The number of nitrogens with zero attached hydrogens (tertiary/aromatic N) is 3. The van der Waals surface area contributed by atoms with E-state index in [0.29, 0.717) is 11.4 Å². The molecule has 0 saturated carbocycles. The predicted octanol–water partition coefficient (Wildman–Crippen LogP) is 4.17. The molecule has 0 aliphatic rings. The molecule has 0 bridgehead atoms. The van der Waals surface area contributed by atoms with Gasteiger partial charge in [-0.15, -0.1) is 0 Å². The zero-order valence-electron chi connectivity index (χ0n) is 15.6. The third-order valence-electron chi connectivity index (χ3n) is 4.40. The lowest BCUT2D eigenvalue weighted by atomic mass is 10.1. The van der Waals surface area contributed by atoms with Crippen molar-refractivity contribution < 1.29 is 9.72 Å². The molecule has 0 saturated heterocycles. The fourth-order valence-corrected chi connectivity index (χ4v) is 2.90. The van der Waals surface area contributed by atoms with Crippen LogP contribution in [0.2, 0.25) is 0 Å². The van der Waals surface area contributed by atoms with Gasteiger partial charge in [0.1, 0.15) is 11.6 Å². The Morgan fingerprint density at radius 2 is 1.93 bits per heavy atom. The van der Waals surface area contributed by atoms with Crippen LogP contribution in [-0.4, -0.2) is 15.4 Å². The highest BCUT2D eigenvalue weighted by Crippen LogP contribution is 2.20. The highest BCUT2D eigenvalue weighted by atomic mass is 16.6. The highest BCUT2D eigenvalue weighted by molar-refractivity contribution is 6.01. The average Bonchev–Trinajstić information content (AvgIpc) is 3.20. The molecule has 144 valence electrons. The SMILES string of the molecule is C[C@@H](NC(=O)/C(C#N)=C\c1cccn1-c1cccc([N+](=O)[O-])c1)c1ccccc1. The van der Waals surface area contributed by atoms with Gasteiger partial charge in [0.15, 0.2) is 0 Å². The fraction of sp³-hybridized carbons (Fsp3) is 0.0909. The van der Waals surface area contributed by atoms with Crippen molar-refractivity contribution in [2.24, 2.45) is 0 Å². The number of rotatable bonds is 6. The number of nitro benzene ring substituents is 1. The number of carbonyl (C=O) groups is 1. The molecular weight excluding hydrogens is 368 g/mol. The maximum absolute atomic E-state index is 12.6. The zero-order chi connectivity index (χ0) is 20.8. The van der Waals surface area contributed by atoms with Crippen LogP contribution in [0.4, 0.5) is 5.69 Å². The summed E-state index contributed by atoms with van der Waals surface area (Å²) in [6.07, 6.45) is 3.18. The van der Waals surface area contributed by atoms with E-state index >= 15 is 0 Å². The number of non-ortho nitro benzene ring substituents is 1. The van der Waals surface area contributed by atoms with Crippen molar-refractivity contribution in [3.63, 3.8) is 0 Å². The second-order valence-corrected chi connectivity index (χ2v) is 6.36. The molecule has 1 amide bonds. The number of carbonyl (C=O) groups excluding carboxylic acids is 1. The number of aromatic nitrogens is 1. The minimum absolute atomic E-state index is 0.0407.